The Kier molecular flexibility index (Phi) is 4.88. The Morgan fingerprint density at radius 2 is 2.10 bits per heavy atom. The molecule has 2 rings (SSSR count). The number of benzene rings is 1. The molecule has 20 heavy (non-hydrogen) atoms. The highest BCUT2D eigenvalue weighted by Gasteiger charge is 2.35. The molecule has 1 aliphatic heterocycles. The fourth-order valence-corrected chi connectivity index (χ4v) is 4.45. The predicted molar refractivity (Wildman–Crippen MR) is 78.8 cm³/mol. The Balaban J connectivity index is 2.32. The molecule has 0 aromatic heterocycles. The van der Waals surface area contributed by atoms with Crippen molar-refractivity contribution in [1.29, 1.82) is 0 Å². The van der Waals surface area contributed by atoms with Crippen LogP contribution in [0.1, 0.15) is 19.3 Å². The van der Waals surface area contributed by atoms with E-state index in [9.17, 15) is 12.8 Å². The summed E-state index contributed by atoms with van der Waals surface area (Å²) in [4.78, 5) is 0. The smallest absolute Gasteiger partial charge is 0.258 e. The number of halogens is 2. The first-order chi connectivity index (χ1) is 9.48. The molecule has 1 unspecified atom stereocenters. The third kappa shape index (κ3) is 2.92. The van der Waals surface area contributed by atoms with Crippen LogP contribution in [0, 0.1) is 5.82 Å². The standard InChI is InChI=1S/C13H18ClFN2O2S/c1-16(13-8-3-2-7-12(13)15)20(18,19)17-9-5-4-6-11(17)10-14/h2-3,7-8,11H,4-6,9-10H2,1H3. The summed E-state index contributed by atoms with van der Waals surface area (Å²) >= 11 is 5.86. The van der Waals surface area contributed by atoms with E-state index in [2.05, 4.69) is 0 Å². The number of piperidine rings is 1. The number of hydrogen-bond acceptors (Lipinski definition) is 2. The number of para-hydroxylation sites is 1. The number of rotatable bonds is 4. The highest BCUT2D eigenvalue weighted by molar-refractivity contribution is 7.90. The van der Waals surface area contributed by atoms with Crippen LogP contribution in [-0.4, -0.2) is 38.2 Å². The van der Waals surface area contributed by atoms with Gasteiger partial charge in [0.1, 0.15) is 5.82 Å². The molecule has 1 aliphatic rings. The maximum Gasteiger partial charge on any atom is 0.304 e. The minimum atomic E-state index is -3.76. The van der Waals surface area contributed by atoms with Crippen LogP contribution in [0.25, 0.3) is 0 Å². The third-order valence-corrected chi connectivity index (χ3v) is 5.90. The van der Waals surface area contributed by atoms with E-state index in [-0.39, 0.29) is 17.6 Å². The van der Waals surface area contributed by atoms with Crippen LogP contribution in [0.4, 0.5) is 10.1 Å². The van der Waals surface area contributed by atoms with Gasteiger partial charge < -0.3 is 0 Å². The molecule has 0 saturated carbocycles. The molecule has 1 heterocycles. The topological polar surface area (TPSA) is 40.6 Å². The zero-order valence-corrected chi connectivity index (χ0v) is 12.9. The molecule has 1 saturated heterocycles. The van der Waals surface area contributed by atoms with Crippen LogP contribution in [0.3, 0.4) is 0 Å². The van der Waals surface area contributed by atoms with E-state index in [0.29, 0.717) is 6.54 Å². The first kappa shape index (κ1) is 15.5. The van der Waals surface area contributed by atoms with Crippen molar-refractivity contribution >= 4 is 27.5 Å². The predicted octanol–water partition coefficient (Wildman–Crippen LogP) is 2.60. The van der Waals surface area contributed by atoms with Gasteiger partial charge in [-0.2, -0.15) is 12.7 Å². The van der Waals surface area contributed by atoms with E-state index in [4.69, 9.17) is 11.6 Å². The maximum absolute atomic E-state index is 13.8. The van der Waals surface area contributed by atoms with Gasteiger partial charge in [0, 0.05) is 25.5 Å². The monoisotopic (exact) mass is 320 g/mol. The lowest BCUT2D eigenvalue weighted by atomic mass is 10.1. The van der Waals surface area contributed by atoms with Crippen molar-refractivity contribution in [3.05, 3.63) is 30.1 Å². The van der Waals surface area contributed by atoms with E-state index in [1.807, 2.05) is 0 Å². The van der Waals surface area contributed by atoms with Crippen molar-refractivity contribution in [2.45, 2.75) is 25.3 Å². The summed E-state index contributed by atoms with van der Waals surface area (Å²) < 4.78 is 41.4. The SMILES string of the molecule is CN(c1ccccc1F)S(=O)(=O)N1CCCCC1CCl. The van der Waals surface area contributed by atoms with Gasteiger partial charge in [-0.05, 0) is 25.0 Å². The molecular weight excluding hydrogens is 303 g/mol. The van der Waals surface area contributed by atoms with Crippen LogP contribution in [0.5, 0.6) is 0 Å². The zero-order chi connectivity index (χ0) is 14.8. The molecule has 1 atom stereocenters. The van der Waals surface area contributed by atoms with Crippen molar-refractivity contribution < 1.29 is 12.8 Å². The second kappa shape index (κ2) is 6.28. The summed E-state index contributed by atoms with van der Waals surface area (Å²) in [5, 5.41) is 0. The number of hydrogen-bond donors (Lipinski definition) is 0. The molecule has 0 bridgehead atoms. The Labute approximate surface area is 124 Å². The largest absolute Gasteiger partial charge is 0.304 e. The minimum absolute atomic E-state index is 0.0476. The van der Waals surface area contributed by atoms with Crippen molar-refractivity contribution in [2.24, 2.45) is 0 Å². The molecule has 0 amide bonds. The summed E-state index contributed by atoms with van der Waals surface area (Å²) in [6.07, 6.45) is 2.51. The Bertz CT molecular complexity index is 567. The lowest BCUT2D eigenvalue weighted by Gasteiger charge is -2.36. The molecule has 4 nitrogen and oxygen atoms in total. The van der Waals surface area contributed by atoms with Gasteiger partial charge in [0.25, 0.3) is 0 Å². The zero-order valence-electron chi connectivity index (χ0n) is 11.3. The molecule has 0 spiro atoms. The van der Waals surface area contributed by atoms with E-state index < -0.39 is 16.0 Å². The van der Waals surface area contributed by atoms with Crippen LogP contribution >= 0.6 is 11.6 Å². The average molecular weight is 321 g/mol. The molecule has 1 aromatic carbocycles. The maximum atomic E-state index is 13.8. The molecule has 1 fully saturated rings. The van der Waals surface area contributed by atoms with Gasteiger partial charge in [-0.15, -0.1) is 11.6 Å². The summed E-state index contributed by atoms with van der Waals surface area (Å²) in [5.41, 5.74) is 0.0476. The van der Waals surface area contributed by atoms with Gasteiger partial charge >= 0.3 is 10.2 Å². The van der Waals surface area contributed by atoms with E-state index in [0.717, 1.165) is 23.6 Å². The lowest BCUT2D eigenvalue weighted by Crippen LogP contribution is -2.50. The highest BCUT2D eigenvalue weighted by Crippen LogP contribution is 2.27. The first-order valence-corrected chi connectivity index (χ1v) is 8.48. The number of anilines is 1. The van der Waals surface area contributed by atoms with Gasteiger partial charge in [0.05, 0.1) is 5.69 Å². The van der Waals surface area contributed by atoms with Crippen LogP contribution in [0.15, 0.2) is 24.3 Å². The Morgan fingerprint density at radius 3 is 2.75 bits per heavy atom. The summed E-state index contributed by atoms with van der Waals surface area (Å²) in [6, 6.07) is 5.62. The number of alkyl halides is 1. The van der Waals surface area contributed by atoms with Gasteiger partial charge in [-0.25, -0.2) is 4.39 Å². The van der Waals surface area contributed by atoms with Gasteiger partial charge in [-0.1, -0.05) is 18.6 Å². The van der Waals surface area contributed by atoms with E-state index >= 15 is 0 Å². The molecule has 7 heteroatoms. The second-order valence-corrected chi connectivity index (χ2v) is 7.06. The Morgan fingerprint density at radius 1 is 1.40 bits per heavy atom. The summed E-state index contributed by atoms with van der Waals surface area (Å²) in [6.45, 7) is 0.429. The van der Waals surface area contributed by atoms with Crippen molar-refractivity contribution in [3.8, 4) is 0 Å². The molecule has 1 aromatic rings. The van der Waals surface area contributed by atoms with Crippen molar-refractivity contribution in [2.75, 3.05) is 23.8 Å². The lowest BCUT2D eigenvalue weighted by molar-refractivity contribution is 0.271. The molecule has 0 N–H and O–H groups in total. The van der Waals surface area contributed by atoms with Crippen molar-refractivity contribution in [1.82, 2.24) is 4.31 Å². The quantitative estimate of drug-likeness (QED) is 0.800. The van der Waals surface area contributed by atoms with Crippen LogP contribution in [-0.2, 0) is 10.2 Å². The van der Waals surface area contributed by atoms with Crippen LogP contribution in [0.2, 0.25) is 0 Å². The highest BCUT2D eigenvalue weighted by atomic mass is 35.5. The second-order valence-electron chi connectivity index (χ2n) is 4.84. The van der Waals surface area contributed by atoms with Gasteiger partial charge in [-0.3, -0.25) is 4.31 Å². The summed E-state index contributed by atoms with van der Waals surface area (Å²) in [7, 11) is -2.39. The summed E-state index contributed by atoms with van der Waals surface area (Å²) in [5.74, 6) is -0.303. The van der Waals surface area contributed by atoms with E-state index in [1.54, 1.807) is 6.07 Å². The normalized spacial score (nSPS) is 20.9. The minimum Gasteiger partial charge on any atom is -0.258 e. The Hall–Kier alpha value is -0.850. The fourth-order valence-electron chi connectivity index (χ4n) is 2.42. The average Bonchev–Trinajstić information content (AvgIpc) is 2.47. The molecule has 0 aliphatic carbocycles. The van der Waals surface area contributed by atoms with Crippen molar-refractivity contribution in [3.63, 3.8) is 0 Å². The third-order valence-electron chi connectivity index (χ3n) is 3.59. The first-order valence-electron chi connectivity index (χ1n) is 6.54. The fraction of sp³-hybridized carbons (Fsp3) is 0.538. The van der Waals surface area contributed by atoms with Crippen LogP contribution < -0.4 is 4.31 Å². The molecule has 0 radical (unpaired) electrons. The van der Waals surface area contributed by atoms with Gasteiger partial charge in [0.15, 0.2) is 0 Å². The molecular formula is C13H18ClFN2O2S. The number of nitrogens with zero attached hydrogens (tertiary/aromatic N) is 2. The van der Waals surface area contributed by atoms with E-state index in [1.165, 1.54) is 29.6 Å². The molecule has 112 valence electrons. The van der Waals surface area contributed by atoms with Gasteiger partial charge in [0.2, 0.25) is 0 Å².